The minimum Gasteiger partial charge on any atom is -0.396 e. The average Bonchev–Trinajstić information content (AvgIpc) is 2.39. The fraction of sp³-hybridized carbons (Fsp3) is 0.333. The summed E-state index contributed by atoms with van der Waals surface area (Å²) in [6.45, 7) is 1.65. The number of amides is 2. The topological polar surface area (TPSA) is 75.4 Å². The van der Waals surface area contributed by atoms with E-state index in [1.165, 1.54) is 7.05 Å². The molecule has 0 spiro atoms. The Labute approximate surface area is 109 Å². The van der Waals surface area contributed by atoms with Crippen molar-refractivity contribution in [1.82, 2.24) is 10.2 Å². The van der Waals surface area contributed by atoms with Crippen molar-refractivity contribution in [3.8, 4) is 0 Å². The Balaban J connectivity index is 3.04. The van der Waals surface area contributed by atoms with Gasteiger partial charge in [0.2, 0.25) is 5.91 Å². The lowest BCUT2D eigenvalue weighted by Gasteiger charge is -2.20. The van der Waals surface area contributed by atoms with E-state index in [0.29, 0.717) is 6.07 Å². The summed E-state index contributed by atoms with van der Waals surface area (Å²) in [5.41, 5.74) is 4.63. The molecule has 0 radical (unpaired) electrons. The Hall–Kier alpha value is -2.18. The van der Waals surface area contributed by atoms with E-state index < -0.39 is 17.5 Å². The van der Waals surface area contributed by atoms with Crippen LogP contribution in [0.4, 0.5) is 14.5 Å². The largest absolute Gasteiger partial charge is 0.396 e. The number of likely N-dealkylation sites (N-methyl/N-ethyl adjacent to an activating group) is 2. The first kappa shape index (κ1) is 14.9. The standard InChI is InChI=1S/C12H15F2N3O2/c1-3-17(6-11(18)16-2)12(19)7-4-10(15)9(14)5-8(7)13/h4-5H,3,6,15H2,1-2H3,(H,16,18). The molecule has 1 rings (SSSR count). The van der Waals surface area contributed by atoms with Crippen molar-refractivity contribution < 1.29 is 18.4 Å². The number of halogens is 2. The molecule has 5 nitrogen and oxygen atoms in total. The van der Waals surface area contributed by atoms with Crippen LogP contribution in [0.1, 0.15) is 17.3 Å². The number of nitrogens with one attached hydrogen (secondary N) is 1. The van der Waals surface area contributed by atoms with Gasteiger partial charge in [-0.15, -0.1) is 0 Å². The van der Waals surface area contributed by atoms with Gasteiger partial charge in [-0.2, -0.15) is 0 Å². The van der Waals surface area contributed by atoms with Gasteiger partial charge in [-0.1, -0.05) is 0 Å². The van der Waals surface area contributed by atoms with Crippen LogP contribution in [-0.2, 0) is 4.79 Å². The Morgan fingerprint density at radius 3 is 2.47 bits per heavy atom. The average molecular weight is 271 g/mol. The van der Waals surface area contributed by atoms with Crippen LogP contribution in [0.5, 0.6) is 0 Å². The van der Waals surface area contributed by atoms with Gasteiger partial charge >= 0.3 is 0 Å². The van der Waals surface area contributed by atoms with Gasteiger partial charge in [-0.25, -0.2) is 8.78 Å². The third-order valence-corrected chi connectivity index (χ3v) is 2.60. The van der Waals surface area contributed by atoms with Crippen molar-refractivity contribution in [3.63, 3.8) is 0 Å². The third kappa shape index (κ3) is 3.40. The van der Waals surface area contributed by atoms with Crippen molar-refractivity contribution >= 4 is 17.5 Å². The van der Waals surface area contributed by atoms with E-state index >= 15 is 0 Å². The van der Waals surface area contributed by atoms with Crippen LogP contribution >= 0.6 is 0 Å². The lowest BCUT2D eigenvalue weighted by atomic mass is 10.1. The number of hydrogen-bond donors (Lipinski definition) is 2. The number of anilines is 1. The molecule has 0 saturated heterocycles. The van der Waals surface area contributed by atoms with Gasteiger partial charge < -0.3 is 16.0 Å². The first-order valence-corrected chi connectivity index (χ1v) is 5.65. The van der Waals surface area contributed by atoms with E-state index in [4.69, 9.17) is 5.73 Å². The summed E-state index contributed by atoms with van der Waals surface area (Å²) >= 11 is 0. The molecule has 0 saturated carbocycles. The summed E-state index contributed by atoms with van der Waals surface area (Å²) in [6, 6.07) is 1.48. The molecule has 1 aromatic rings. The van der Waals surface area contributed by atoms with Gasteiger partial charge in [0.1, 0.15) is 11.6 Å². The predicted molar refractivity (Wildman–Crippen MR) is 66.4 cm³/mol. The fourth-order valence-corrected chi connectivity index (χ4v) is 1.48. The number of rotatable bonds is 4. The normalized spacial score (nSPS) is 10.1. The summed E-state index contributed by atoms with van der Waals surface area (Å²) in [4.78, 5) is 24.4. The highest BCUT2D eigenvalue weighted by molar-refractivity contribution is 5.97. The molecular weight excluding hydrogens is 256 g/mol. The fourth-order valence-electron chi connectivity index (χ4n) is 1.48. The van der Waals surface area contributed by atoms with Gasteiger partial charge in [-0.3, -0.25) is 9.59 Å². The number of carbonyl (C=O) groups excluding carboxylic acids is 2. The molecule has 104 valence electrons. The molecule has 0 aliphatic rings. The van der Waals surface area contributed by atoms with Crippen LogP contribution < -0.4 is 11.1 Å². The van der Waals surface area contributed by atoms with E-state index in [-0.39, 0.29) is 30.2 Å². The molecule has 0 heterocycles. The van der Waals surface area contributed by atoms with Crippen LogP contribution in [0, 0.1) is 11.6 Å². The highest BCUT2D eigenvalue weighted by Crippen LogP contribution is 2.18. The molecule has 0 unspecified atom stereocenters. The summed E-state index contributed by atoms with van der Waals surface area (Å²) in [5, 5.41) is 2.36. The third-order valence-electron chi connectivity index (χ3n) is 2.60. The van der Waals surface area contributed by atoms with Crippen LogP contribution in [-0.4, -0.2) is 36.9 Å². The quantitative estimate of drug-likeness (QED) is 0.794. The molecule has 7 heteroatoms. The van der Waals surface area contributed by atoms with Crippen molar-refractivity contribution in [2.24, 2.45) is 0 Å². The van der Waals surface area contributed by atoms with E-state index in [1.807, 2.05) is 0 Å². The van der Waals surface area contributed by atoms with Crippen molar-refractivity contribution in [2.45, 2.75) is 6.92 Å². The number of nitrogens with zero attached hydrogens (tertiary/aromatic N) is 1. The monoisotopic (exact) mass is 271 g/mol. The van der Waals surface area contributed by atoms with Crippen LogP contribution in [0.3, 0.4) is 0 Å². The number of nitrogen functional groups attached to an aromatic ring is 1. The van der Waals surface area contributed by atoms with Crippen LogP contribution in [0.25, 0.3) is 0 Å². The maximum absolute atomic E-state index is 13.6. The number of benzene rings is 1. The van der Waals surface area contributed by atoms with Gasteiger partial charge in [0.25, 0.3) is 5.91 Å². The van der Waals surface area contributed by atoms with Gasteiger partial charge in [0.15, 0.2) is 0 Å². The van der Waals surface area contributed by atoms with Gasteiger partial charge in [0.05, 0.1) is 17.8 Å². The zero-order valence-electron chi connectivity index (χ0n) is 10.7. The lowest BCUT2D eigenvalue weighted by molar-refractivity contribution is -0.121. The maximum Gasteiger partial charge on any atom is 0.257 e. The van der Waals surface area contributed by atoms with Gasteiger partial charge in [-0.05, 0) is 13.0 Å². The first-order valence-electron chi connectivity index (χ1n) is 5.65. The minimum atomic E-state index is -1.01. The number of nitrogens with two attached hydrogens (primary N) is 1. The Morgan fingerprint density at radius 1 is 1.32 bits per heavy atom. The number of carbonyl (C=O) groups is 2. The molecule has 2 amide bonds. The molecule has 1 aromatic carbocycles. The van der Waals surface area contributed by atoms with Crippen LogP contribution in [0.2, 0.25) is 0 Å². The molecule has 19 heavy (non-hydrogen) atoms. The molecule has 3 N–H and O–H groups in total. The molecule has 0 bridgehead atoms. The molecule has 0 atom stereocenters. The zero-order valence-corrected chi connectivity index (χ0v) is 10.7. The maximum atomic E-state index is 13.6. The zero-order chi connectivity index (χ0) is 14.6. The second kappa shape index (κ2) is 6.12. The highest BCUT2D eigenvalue weighted by atomic mass is 19.1. The molecule has 0 aliphatic heterocycles. The van der Waals surface area contributed by atoms with Gasteiger partial charge in [0, 0.05) is 19.7 Å². The Kier molecular flexibility index (Phi) is 4.80. The smallest absolute Gasteiger partial charge is 0.257 e. The SMILES string of the molecule is CCN(CC(=O)NC)C(=O)c1cc(N)c(F)cc1F. The summed E-state index contributed by atoms with van der Waals surface area (Å²) in [5.74, 6) is -3.03. The summed E-state index contributed by atoms with van der Waals surface area (Å²) in [7, 11) is 1.43. The molecular formula is C12H15F2N3O2. The van der Waals surface area contributed by atoms with Crippen molar-refractivity contribution in [3.05, 3.63) is 29.3 Å². The van der Waals surface area contributed by atoms with E-state index in [9.17, 15) is 18.4 Å². The van der Waals surface area contributed by atoms with Crippen molar-refractivity contribution in [2.75, 3.05) is 25.9 Å². The minimum absolute atomic E-state index is 0.206. The highest BCUT2D eigenvalue weighted by Gasteiger charge is 2.21. The second-order valence-corrected chi connectivity index (χ2v) is 3.85. The van der Waals surface area contributed by atoms with Crippen LogP contribution in [0.15, 0.2) is 12.1 Å². The molecule has 0 aliphatic carbocycles. The van der Waals surface area contributed by atoms with E-state index in [2.05, 4.69) is 5.32 Å². The first-order chi connectivity index (χ1) is 8.90. The number of hydrogen-bond acceptors (Lipinski definition) is 3. The Morgan fingerprint density at radius 2 is 1.95 bits per heavy atom. The molecule has 0 aromatic heterocycles. The second-order valence-electron chi connectivity index (χ2n) is 3.85. The predicted octanol–water partition coefficient (Wildman–Crippen LogP) is 0.755. The lowest BCUT2D eigenvalue weighted by Crippen LogP contribution is -2.39. The summed E-state index contributed by atoms with van der Waals surface area (Å²) in [6.07, 6.45) is 0. The van der Waals surface area contributed by atoms with E-state index in [1.54, 1.807) is 6.92 Å². The van der Waals surface area contributed by atoms with E-state index in [0.717, 1.165) is 11.0 Å². The summed E-state index contributed by atoms with van der Waals surface area (Å²) < 4.78 is 26.6. The van der Waals surface area contributed by atoms with Crippen molar-refractivity contribution in [1.29, 1.82) is 0 Å². The molecule has 0 fully saturated rings. The Bertz CT molecular complexity index is 506.